The zero-order valence-corrected chi connectivity index (χ0v) is 10.6. The minimum Gasteiger partial charge on any atom is -0.384 e. The summed E-state index contributed by atoms with van der Waals surface area (Å²) >= 11 is 9.49. The maximum absolute atomic E-state index is 10.5. The van der Waals surface area contributed by atoms with E-state index < -0.39 is 5.60 Å². The second-order valence-corrected chi connectivity index (χ2v) is 5.26. The van der Waals surface area contributed by atoms with Crippen molar-refractivity contribution < 1.29 is 5.11 Å². The Hall–Kier alpha value is -0.0900. The van der Waals surface area contributed by atoms with E-state index in [0.717, 1.165) is 29.4 Å². The monoisotopic (exact) mass is 289 g/mol. The molecule has 2 N–H and O–H groups in total. The Morgan fingerprint density at radius 3 is 2.87 bits per heavy atom. The van der Waals surface area contributed by atoms with E-state index in [1.807, 2.05) is 18.2 Å². The van der Waals surface area contributed by atoms with Gasteiger partial charge in [0.1, 0.15) is 5.60 Å². The Balaban J connectivity index is 2.35. The Labute approximate surface area is 103 Å². The third-order valence-corrected chi connectivity index (χ3v) is 3.60. The van der Waals surface area contributed by atoms with E-state index in [-0.39, 0.29) is 0 Å². The molecule has 1 aliphatic heterocycles. The fourth-order valence-electron chi connectivity index (χ4n) is 1.99. The van der Waals surface area contributed by atoms with Gasteiger partial charge < -0.3 is 10.4 Å². The first-order valence-corrected chi connectivity index (χ1v) is 6.17. The molecule has 1 heterocycles. The Morgan fingerprint density at radius 2 is 2.27 bits per heavy atom. The van der Waals surface area contributed by atoms with Crippen molar-refractivity contribution in [2.45, 2.75) is 18.4 Å². The molecule has 4 heteroatoms. The number of nitrogens with one attached hydrogen (secondary N) is 1. The molecule has 15 heavy (non-hydrogen) atoms. The summed E-state index contributed by atoms with van der Waals surface area (Å²) in [5, 5.41) is 14.3. The Morgan fingerprint density at radius 1 is 1.47 bits per heavy atom. The zero-order valence-electron chi connectivity index (χ0n) is 8.26. The number of benzene rings is 1. The average Bonchev–Trinajstić information content (AvgIpc) is 2.18. The first kappa shape index (κ1) is 11.4. The molecule has 82 valence electrons. The lowest BCUT2D eigenvalue weighted by molar-refractivity contribution is 0.0124. The summed E-state index contributed by atoms with van der Waals surface area (Å²) in [6.45, 7) is 1.55. The number of rotatable bonds is 1. The number of halogens is 2. The minimum atomic E-state index is -0.809. The van der Waals surface area contributed by atoms with Gasteiger partial charge in [-0.1, -0.05) is 33.6 Å². The highest BCUT2D eigenvalue weighted by Gasteiger charge is 2.32. The first-order valence-electron chi connectivity index (χ1n) is 5.00. The smallest absolute Gasteiger partial charge is 0.103 e. The van der Waals surface area contributed by atoms with Gasteiger partial charge in [-0.25, -0.2) is 0 Å². The summed E-state index contributed by atoms with van der Waals surface area (Å²) in [4.78, 5) is 0. The number of piperidine rings is 1. The summed E-state index contributed by atoms with van der Waals surface area (Å²) in [6, 6.07) is 5.62. The van der Waals surface area contributed by atoms with Gasteiger partial charge in [-0.15, -0.1) is 0 Å². The van der Waals surface area contributed by atoms with E-state index in [1.54, 1.807) is 0 Å². The maximum Gasteiger partial charge on any atom is 0.103 e. The largest absolute Gasteiger partial charge is 0.384 e. The highest BCUT2D eigenvalue weighted by molar-refractivity contribution is 9.10. The second kappa shape index (κ2) is 4.42. The molecule has 2 rings (SSSR count). The van der Waals surface area contributed by atoms with Gasteiger partial charge in [0, 0.05) is 21.6 Å². The molecule has 0 bridgehead atoms. The minimum absolute atomic E-state index is 0.578. The molecule has 1 atom stereocenters. The molecule has 1 fully saturated rings. The van der Waals surface area contributed by atoms with Crippen LogP contribution in [-0.4, -0.2) is 18.2 Å². The highest BCUT2D eigenvalue weighted by Crippen LogP contribution is 2.34. The third kappa shape index (κ3) is 2.36. The van der Waals surface area contributed by atoms with Crippen LogP contribution in [0.5, 0.6) is 0 Å². The van der Waals surface area contributed by atoms with Crippen molar-refractivity contribution in [2.24, 2.45) is 0 Å². The van der Waals surface area contributed by atoms with Crippen LogP contribution in [0.1, 0.15) is 18.4 Å². The lowest BCUT2D eigenvalue weighted by atomic mass is 9.87. The van der Waals surface area contributed by atoms with Crippen molar-refractivity contribution in [3.8, 4) is 0 Å². The SMILES string of the molecule is OC1(c2ccc(Br)cc2Cl)CCCNC1. The van der Waals surface area contributed by atoms with Crippen molar-refractivity contribution in [2.75, 3.05) is 13.1 Å². The van der Waals surface area contributed by atoms with Crippen molar-refractivity contribution in [3.63, 3.8) is 0 Å². The summed E-state index contributed by atoms with van der Waals surface area (Å²) < 4.78 is 0.934. The van der Waals surface area contributed by atoms with Crippen LogP contribution >= 0.6 is 27.5 Å². The number of hydrogen-bond donors (Lipinski definition) is 2. The predicted octanol–water partition coefficient (Wildman–Crippen LogP) is 2.67. The Kier molecular flexibility index (Phi) is 3.36. The van der Waals surface area contributed by atoms with Gasteiger partial charge in [0.2, 0.25) is 0 Å². The summed E-state index contributed by atoms with van der Waals surface area (Å²) in [7, 11) is 0. The number of hydrogen-bond acceptors (Lipinski definition) is 2. The van der Waals surface area contributed by atoms with Gasteiger partial charge in [-0.3, -0.25) is 0 Å². The quantitative estimate of drug-likeness (QED) is 0.833. The van der Waals surface area contributed by atoms with Crippen LogP contribution in [-0.2, 0) is 5.60 Å². The van der Waals surface area contributed by atoms with E-state index >= 15 is 0 Å². The van der Waals surface area contributed by atoms with Crippen molar-refractivity contribution >= 4 is 27.5 Å². The molecule has 0 aliphatic carbocycles. The van der Waals surface area contributed by atoms with Gasteiger partial charge in [0.05, 0.1) is 0 Å². The summed E-state index contributed by atoms with van der Waals surface area (Å²) in [6.07, 6.45) is 1.74. The zero-order chi connectivity index (χ0) is 10.9. The van der Waals surface area contributed by atoms with Crippen molar-refractivity contribution in [3.05, 3.63) is 33.3 Å². The lowest BCUT2D eigenvalue weighted by Crippen LogP contribution is -2.43. The molecule has 2 nitrogen and oxygen atoms in total. The topological polar surface area (TPSA) is 32.3 Å². The molecule has 0 saturated carbocycles. The van der Waals surface area contributed by atoms with Gasteiger partial charge in [-0.05, 0) is 31.5 Å². The molecule has 1 saturated heterocycles. The molecule has 0 amide bonds. The van der Waals surface area contributed by atoms with Crippen LogP contribution in [0.4, 0.5) is 0 Å². The molecule has 1 unspecified atom stereocenters. The van der Waals surface area contributed by atoms with Crippen LogP contribution in [0.25, 0.3) is 0 Å². The fourth-order valence-corrected chi connectivity index (χ4v) is 2.84. The van der Waals surface area contributed by atoms with Gasteiger partial charge >= 0.3 is 0 Å². The number of aliphatic hydroxyl groups is 1. The van der Waals surface area contributed by atoms with Gasteiger partial charge in [0.15, 0.2) is 0 Å². The standard InChI is InChI=1S/C11H13BrClNO/c12-8-2-3-9(10(13)6-8)11(15)4-1-5-14-7-11/h2-3,6,14-15H,1,4-5,7H2. The molecule has 1 aromatic rings. The van der Waals surface area contributed by atoms with Gasteiger partial charge in [0.25, 0.3) is 0 Å². The predicted molar refractivity (Wildman–Crippen MR) is 65.2 cm³/mol. The molecule has 0 spiro atoms. The van der Waals surface area contributed by atoms with Crippen LogP contribution in [0.3, 0.4) is 0 Å². The van der Waals surface area contributed by atoms with Crippen LogP contribution < -0.4 is 5.32 Å². The van der Waals surface area contributed by atoms with E-state index in [2.05, 4.69) is 21.2 Å². The van der Waals surface area contributed by atoms with E-state index in [1.165, 1.54) is 0 Å². The molecular formula is C11H13BrClNO. The molecule has 1 aliphatic rings. The van der Waals surface area contributed by atoms with Crippen LogP contribution in [0, 0.1) is 0 Å². The summed E-state index contributed by atoms with van der Waals surface area (Å²) in [5.41, 5.74) is 0.00955. The molecule has 1 aromatic carbocycles. The van der Waals surface area contributed by atoms with E-state index in [0.29, 0.717) is 11.6 Å². The Bertz CT molecular complexity index is 364. The van der Waals surface area contributed by atoms with Crippen molar-refractivity contribution in [1.29, 1.82) is 0 Å². The molecule has 0 aromatic heterocycles. The van der Waals surface area contributed by atoms with E-state index in [9.17, 15) is 5.11 Å². The normalized spacial score (nSPS) is 26.6. The van der Waals surface area contributed by atoms with E-state index in [4.69, 9.17) is 11.6 Å². The highest BCUT2D eigenvalue weighted by atomic mass is 79.9. The average molecular weight is 291 g/mol. The second-order valence-electron chi connectivity index (χ2n) is 3.94. The number of β-amino-alcohol motifs (C(OH)–C–C–N with tert-alkyl or cyclic N) is 1. The van der Waals surface area contributed by atoms with Crippen molar-refractivity contribution in [1.82, 2.24) is 5.32 Å². The lowest BCUT2D eigenvalue weighted by Gasteiger charge is -2.33. The molecular weight excluding hydrogens is 277 g/mol. The third-order valence-electron chi connectivity index (χ3n) is 2.79. The van der Waals surface area contributed by atoms with Crippen LogP contribution in [0.2, 0.25) is 5.02 Å². The first-order chi connectivity index (χ1) is 7.12. The van der Waals surface area contributed by atoms with Crippen LogP contribution in [0.15, 0.2) is 22.7 Å². The fraction of sp³-hybridized carbons (Fsp3) is 0.455. The maximum atomic E-state index is 10.5. The summed E-state index contributed by atoms with van der Waals surface area (Å²) in [5.74, 6) is 0. The van der Waals surface area contributed by atoms with Gasteiger partial charge in [-0.2, -0.15) is 0 Å². The molecule has 0 radical (unpaired) electrons.